The summed E-state index contributed by atoms with van der Waals surface area (Å²) in [5.74, 6) is 0. The number of hydrogen-bond acceptors (Lipinski definition) is 1. The van der Waals surface area contributed by atoms with Crippen LogP contribution >= 0.6 is 0 Å². The molecule has 0 heterocycles. The Morgan fingerprint density at radius 1 is 0.389 bits per heavy atom. The number of hydrogen-bond donors (Lipinski definition) is 0. The largest absolute Gasteiger partial charge is 0.310 e. The maximum absolute atomic E-state index is 2.41. The van der Waals surface area contributed by atoms with Gasteiger partial charge < -0.3 is 4.90 Å². The second kappa shape index (κ2) is 12.8. The zero-order valence-corrected chi connectivity index (χ0v) is 30.5. The van der Waals surface area contributed by atoms with E-state index < -0.39 is 0 Å². The number of benzene rings is 9. The summed E-state index contributed by atoms with van der Waals surface area (Å²) < 4.78 is 0. The topological polar surface area (TPSA) is 3.24 Å². The van der Waals surface area contributed by atoms with Gasteiger partial charge >= 0.3 is 0 Å². The van der Waals surface area contributed by atoms with E-state index >= 15 is 0 Å². The molecule has 0 spiro atoms. The summed E-state index contributed by atoms with van der Waals surface area (Å²) in [4.78, 5) is 2.35. The van der Waals surface area contributed by atoms with Crippen molar-refractivity contribution < 1.29 is 0 Å². The van der Waals surface area contributed by atoms with Crippen molar-refractivity contribution in [2.45, 2.75) is 19.3 Å². The highest BCUT2D eigenvalue weighted by atomic mass is 15.1. The van der Waals surface area contributed by atoms with Crippen molar-refractivity contribution in [1.29, 1.82) is 0 Å². The van der Waals surface area contributed by atoms with Crippen molar-refractivity contribution in [2.75, 3.05) is 4.90 Å². The molecule has 0 N–H and O–H groups in total. The van der Waals surface area contributed by atoms with Crippen LogP contribution in [0.3, 0.4) is 0 Å². The zero-order valence-electron chi connectivity index (χ0n) is 30.5. The number of rotatable bonds is 6. The molecule has 0 amide bonds. The zero-order chi connectivity index (χ0) is 36.2. The van der Waals surface area contributed by atoms with Crippen LogP contribution in [0.1, 0.15) is 36.1 Å². The Hall–Kier alpha value is -6.70. The van der Waals surface area contributed by atoms with Gasteiger partial charge in [-0.1, -0.05) is 178 Å². The fourth-order valence-corrected chi connectivity index (χ4v) is 8.84. The van der Waals surface area contributed by atoms with E-state index in [9.17, 15) is 0 Å². The van der Waals surface area contributed by atoms with E-state index in [-0.39, 0.29) is 5.41 Å². The van der Waals surface area contributed by atoms with Crippen LogP contribution in [0, 0.1) is 0 Å². The van der Waals surface area contributed by atoms with Gasteiger partial charge in [-0.05, 0) is 113 Å². The lowest BCUT2D eigenvalue weighted by atomic mass is 9.81. The maximum atomic E-state index is 2.41. The van der Waals surface area contributed by atoms with E-state index in [1.165, 1.54) is 76.8 Å². The number of fused-ring (bicyclic) bond motifs is 6. The molecule has 9 aromatic rings. The average molecular weight is 690 g/mol. The van der Waals surface area contributed by atoms with Gasteiger partial charge in [0.25, 0.3) is 0 Å². The van der Waals surface area contributed by atoms with Crippen molar-refractivity contribution in [3.8, 4) is 22.3 Å². The summed E-state index contributed by atoms with van der Waals surface area (Å²) in [7, 11) is 0. The van der Waals surface area contributed by atoms with Crippen molar-refractivity contribution >= 4 is 61.5 Å². The molecule has 1 aliphatic rings. The maximum Gasteiger partial charge on any atom is 0.0465 e. The lowest BCUT2D eigenvalue weighted by Crippen LogP contribution is -2.16. The van der Waals surface area contributed by atoms with Gasteiger partial charge in [0, 0.05) is 22.5 Å². The molecule has 256 valence electrons. The van der Waals surface area contributed by atoms with E-state index in [1.54, 1.807) is 0 Å². The molecule has 1 heteroatoms. The quantitative estimate of drug-likeness (QED) is 0.124. The molecule has 0 saturated heterocycles. The van der Waals surface area contributed by atoms with Crippen molar-refractivity contribution in [3.05, 3.63) is 210 Å². The first kappa shape index (κ1) is 32.0. The summed E-state index contributed by atoms with van der Waals surface area (Å²) >= 11 is 0. The molecule has 0 bridgehead atoms. The van der Waals surface area contributed by atoms with Gasteiger partial charge in [-0.2, -0.15) is 0 Å². The highest BCUT2D eigenvalue weighted by Gasteiger charge is 2.36. The standard InChI is InChI=1S/C53H39N/c1-53(2)50-34-36(29-32-45(50)46-33-30-40(35-51(46)53)54(38-18-5-3-6-19-38)39-20-7-4-8-21-39)28-31-44-42-23-11-13-25-48(42)52(49-26-14-12-24-43(44)49)47-27-15-17-37-16-9-10-22-41(37)47/h3-35H,1-2H3/b31-28+. The minimum atomic E-state index is -0.164. The number of anilines is 3. The van der Waals surface area contributed by atoms with Crippen LogP contribution < -0.4 is 4.90 Å². The van der Waals surface area contributed by atoms with Crippen LogP contribution in [0.4, 0.5) is 17.1 Å². The number of nitrogens with zero attached hydrogens (tertiary/aromatic N) is 1. The molecule has 1 nitrogen and oxygen atoms in total. The van der Waals surface area contributed by atoms with E-state index in [1.807, 2.05) is 0 Å². The fourth-order valence-electron chi connectivity index (χ4n) is 8.84. The van der Waals surface area contributed by atoms with E-state index in [4.69, 9.17) is 0 Å². The molecule has 0 radical (unpaired) electrons. The Bertz CT molecular complexity index is 2800. The van der Waals surface area contributed by atoms with E-state index in [0.29, 0.717) is 0 Å². The van der Waals surface area contributed by atoms with Crippen LogP contribution in [0.5, 0.6) is 0 Å². The molecule has 0 saturated carbocycles. The Balaban J connectivity index is 1.07. The minimum Gasteiger partial charge on any atom is -0.310 e. The summed E-state index contributed by atoms with van der Waals surface area (Å²) in [5, 5.41) is 7.61. The third kappa shape index (κ3) is 5.16. The molecule has 0 unspecified atom stereocenters. The van der Waals surface area contributed by atoms with Crippen molar-refractivity contribution in [2.24, 2.45) is 0 Å². The van der Waals surface area contributed by atoms with Gasteiger partial charge in [0.1, 0.15) is 0 Å². The van der Waals surface area contributed by atoms with Gasteiger partial charge in [0.15, 0.2) is 0 Å². The SMILES string of the molecule is CC1(C)c2cc(/C=C/c3c4ccccc4c(-c4cccc5ccccc45)c4ccccc34)ccc2-c2ccc(N(c3ccccc3)c3ccccc3)cc21. The summed E-state index contributed by atoms with van der Waals surface area (Å²) in [6, 6.07) is 68.6. The monoisotopic (exact) mass is 689 g/mol. The third-order valence-electron chi connectivity index (χ3n) is 11.4. The summed E-state index contributed by atoms with van der Waals surface area (Å²) in [6.45, 7) is 4.74. The van der Waals surface area contributed by atoms with Gasteiger partial charge in [-0.15, -0.1) is 0 Å². The third-order valence-corrected chi connectivity index (χ3v) is 11.4. The average Bonchev–Trinajstić information content (AvgIpc) is 3.45. The Morgan fingerprint density at radius 3 is 1.56 bits per heavy atom. The molecule has 1 aliphatic carbocycles. The molecule has 10 rings (SSSR count). The van der Waals surface area contributed by atoms with Gasteiger partial charge in [-0.25, -0.2) is 0 Å². The molecule has 54 heavy (non-hydrogen) atoms. The molecule has 9 aromatic carbocycles. The minimum absolute atomic E-state index is 0.164. The van der Waals surface area contributed by atoms with Gasteiger partial charge in [0.2, 0.25) is 0 Å². The van der Waals surface area contributed by atoms with Crippen LogP contribution in [0.25, 0.3) is 66.7 Å². The molecule has 0 aromatic heterocycles. The Morgan fingerprint density at radius 2 is 0.907 bits per heavy atom. The summed E-state index contributed by atoms with van der Waals surface area (Å²) in [5.41, 5.74) is 13.7. The molecule has 0 atom stereocenters. The van der Waals surface area contributed by atoms with Crippen LogP contribution in [-0.2, 0) is 5.41 Å². The lowest BCUT2D eigenvalue weighted by molar-refractivity contribution is 0.660. The lowest BCUT2D eigenvalue weighted by Gasteiger charge is -2.28. The molecule has 0 aliphatic heterocycles. The molecular formula is C53H39N. The van der Waals surface area contributed by atoms with Crippen molar-refractivity contribution in [3.63, 3.8) is 0 Å². The van der Waals surface area contributed by atoms with Gasteiger partial charge in [-0.3, -0.25) is 0 Å². The Labute approximate surface area is 317 Å². The first-order chi connectivity index (χ1) is 26.6. The second-order valence-electron chi connectivity index (χ2n) is 14.9. The normalized spacial score (nSPS) is 13.1. The highest BCUT2D eigenvalue weighted by Crippen LogP contribution is 2.51. The highest BCUT2D eigenvalue weighted by molar-refractivity contribution is 6.20. The molecular weight excluding hydrogens is 651 g/mol. The van der Waals surface area contributed by atoms with Crippen molar-refractivity contribution in [1.82, 2.24) is 0 Å². The first-order valence-electron chi connectivity index (χ1n) is 18.9. The fraction of sp³-hybridized carbons (Fsp3) is 0.0566. The number of para-hydroxylation sites is 2. The van der Waals surface area contributed by atoms with Gasteiger partial charge in [0.05, 0.1) is 0 Å². The van der Waals surface area contributed by atoms with E-state index in [0.717, 1.165) is 17.1 Å². The molecule has 0 fully saturated rings. The first-order valence-corrected chi connectivity index (χ1v) is 18.9. The Kier molecular flexibility index (Phi) is 7.56. The second-order valence-corrected chi connectivity index (χ2v) is 14.9. The van der Waals surface area contributed by atoms with Crippen LogP contribution in [0.15, 0.2) is 188 Å². The van der Waals surface area contributed by atoms with Crippen LogP contribution in [-0.4, -0.2) is 0 Å². The predicted octanol–water partition coefficient (Wildman–Crippen LogP) is 14.8. The van der Waals surface area contributed by atoms with E-state index in [2.05, 4.69) is 219 Å². The van der Waals surface area contributed by atoms with Crippen LogP contribution in [0.2, 0.25) is 0 Å². The predicted molar refractivity (Wildman–Crippen MR) is 232 cm³/mol. The smallest absolute Gasteiger partial charge is 0.0465 e. The summed E-state index contributed by atoms with van der Waals surface area (Å²) in [6.07, 6.45) is 4.65.